The molecule has 0 spiro atoms. The van der Waals surface area contributed by atoms with Crippen molar-refractivity contribution in [2.75, 3.05) is 12.8 Å². The van der Waals surface area contributed by atoms with Gasteiger partial charge < -0.3 is 0 Å². The number of halogens is 1. The summed E-state index contributed by atoms with van der Waals surface area (Å²) in [5.41, 5.74) is -0.316. The Morgan fingerprint density at radius 3 is 2.00 bits per heavy atom. The molecule has 0 fully saturated rings. The van der Waals surface area contributed by atoms with Crippen LogP contribution in [-0.4, -0.2) is 12.8 Å². The molecule has 0 heterocycles. The summed E-state index contributed by atoms with van der Waals surface area (Å²) in [6.07, 6.45) is 2.00. The highest BCUT2D eigenvalue weighted by atomic mass is 31.1. The Balaban J connectivity index is 4.00. The summed E-state index contributed by atoms with van der Waals surface area (Å²) in [6, 6.07) is 0. The number of alkyl halides is 1. The molecule has 0 amide bonds. The van der Waals surface area contributed by atoms with Crippen LogP contribution >= 0.6 is 8.46 Å². The zero-order chi connectivity index (χ0) is 8.04. The molecule has 0 aliphatic carbocycles. The monoisotopic (exact) mass is 164 g/mol. The van der Waals surface area contributed by atoms with E-state index in [0.29, 0.717) is 6.16 Å². The van der Waals surface area contributed by atoms with Crippen LogP contribution in [0.25, 0.3) is 0 Å². The van der Waals surface area contributed by atoms with Gasteiger partial charge in [-0.15, -0.1) is 0 Å². The summed E-state index contributed by atoms with van der Waals surface area (Å²) in [5, 5.41) is 0. The van der Waals surface area contributed by atoms with E-state index in [0.717, 1.165) is 12.8 Å². The van der Waals surface area contributed by atoms with Crippen LogP contribution in [0.2, 0.25) is 0 Å². The first kappa shape index (κ1) is 10.0. The highest BCUT2D eigenvalue weighted by molar-refractivity contribution is 7.23. The smallest absolute Gasteiger partial charge is 0.155 e. The predicted molar refractivity (Wildman–Crippen MR) is 41.5 cm³/mol. The molecule has 0 aromatic heterocycles. The second-order valence-electron chi connectivity index (χ2n) is 2.63. The van der Waals surface area contributed by atoms with Crippen molar-refractivity contribution >= 4 is 8.46 Å². The van der Waals surface area contributed by atoms with Gasteiger partial charge in [-0.25, -0.2) is 0 Å². The third-order valence-corrected chi connectivity index (χ3v) is 2.98. The number of hydrogen-bond acceptors (Lipinski definition) is 1. The maximum Gasteiger partial charge on any atom is 0.155 e. The van der Waals surface area contributed by atoms with Gasteiger partial charge in [-0.05, 0) is 12.8 Å². The van der Waals surface area contributed by atoms with Gasteiger partial charge in [0.2, 0.25) is 0 Å². The molecule has 0 unspecified atom stereocenters. The van der Waals surface area contributed by atoms with Crippen LogP contribution in [0.5, 0.6) is 0 Å². The molecular formula is C7H14FOP. The molecule has 0 saturated heterocycles. The van der Waals surface area contributed by atoms with Crippen LogP contribution in [0.3, 0.4) is 0 Å². The van der Waals surface area contributed by atoms with Crippen LogP contribution in [0.1, 0.15) is 26.7 Å². The SMILES string of the molecule is CCC(CC)(CF)CP=O. The van der Waals surface area contributed by atoms with Crippen molar-refractivity contribution < 1.29 is 8.96 Å². The van der Waals surface area contributed by atoms with Crippen LogP contribution in [0.4, 0.5) is 4.39 Å². The van der Waals surface area contributed by atoms with Gasteiger partial charge in [0.05, 0.1) is 6.67 Å². The van der Waals surface area contributed by atoms with E-state index in [-0.39, 0.29) is 20.5 Å². The Labute approximate surface area is 63.2 Å². The molecule has 0 rings (SSSR count). The van der Waals surface area contributed by atoms with Gasteiger partial charge in [-0.1, -0.05) is 13.8 Å². The average molecular weight is 164 g/mol. The second kappa shape index (κ2) is 4.79. The van der Waals surface area contributed by atoms with Crippen molar-refractivity contribution in [1.29, 1.82) is 0 Å². The van der Waals surface area contributed by atoms with Gasteiger partial charge in [0.25, 0.3) is 0 Å². The fourth-order valence-electron chi connectivity index (χ4n) is 0.842. The van der Waals surface area contributed by atoms with Crippen molar-refractivity contribution in [2.24, 2.45) is 5.41 Å². The lowest BCUT2D eigenvalue weighted by Gasteiger charge is -2.24. The lowest BCUT2D eigenvalue weighted by molar-refractivity contribution is 0.219. The Bertz CT molecular complexity index is 93.5. The molecule has 1 nitrogen and oxygen atoms in total. The molecule has 60 valence electrons. The summed E-state index contributed by atoms with van der Waals surface area (Å²) >= 11 is 0. The number of hydrogen-bond donors (Lipinski definition) is 0. The fourth-order valence-corrected chi connectivity index (χ4v) is 1.65. The fraction of sp³-hybridized carbons (Fsp3) is 1.00. The molecule has 0 bridgehead atoms. The summed E-state index contributed by atoms with van der Waals surface area (Å²) in [5.74, 6) is 0. The van der Waals surface area contributed by atoms with E-state index >= 15 is 0 Å². The Kier molecular flexibility index (Phi) is 4.80. The highest BCUT2D eigenvalue weighted by Gasteiger charge is 2.25. The average Bonchev–Trinajstić information content (AvgIpc) is 2.01. The van der Waals surface area contributed by atoms with Crippen LogP contribution in [0.15, 0.2) is 0 Å². The van der Waals surface area contributed by atoms with E-state index < -0.39 is 0 Å². The zero-order valence-corrected chi connectivity index (χ0v) is 7.46. The molecule has 0 aromatic carbocycles. The molecule has 0 radical (unpaired) electrons. The maximum absolute atomic E-state index is 12.4. The molecule has 0 aliphatic heterocycles. The van der Waals surface area contributed by atoms with Gasteiger partial charge >= 0.3 is 0 Å². The molecular weight excluding hydrogens is 150 g/mol. The number of rotatable bonds is 5. The topological polar surface area (TPSA) is 17.1 Å². The Hall–Kier alpha value is 0.0300. The minimum Gasteiger partial charge on any atom is -0.275 e. The van der Waals surface area contributed by atoms with Gasteiger partial charge in [-0.3, -0.25) is 8.96 Å². The largest absolute Gasteiger partial charge is 0.275 e. The van der Waals surface area contributed by atoms with Gasteiger partial charge in [0, 0.05) is 11.6 Å². The summed E-state index contributed by atoms with van der Waals surface area (Å²) in [4.78, 5) is 0. The van der Waals surface area contributed by atoms with Gasteiger partial charge in [0.1, 0.15) is 0 Å². The van der Waals surface area contributed by atoms with E-state index in [1.807, 2.05) is 13.8 Å². The van der Waals surface area contributed by atoms with Crippen molar-refractivity contribution in [1.82, 2.24) is 0 Å². The van der Waals surface area contributed by atoms with Crippen molar-refractivity contribution in [3.8, 4) is 0 Å². The standard InChI is InChI=1S/C7H14FOP/c1-3-7(4-2,5-8)6-10-9/h3-6H2,1-2H3. The maximum atomic E-state index is 12.4. The molecule has 0 atom stereocenters. The first-order valence-corrected chi connectivity index (χ1v) is 4.59. The Morgan fingerprint density at radius 1 is 1.40 bits per heavy atom. The minimum atomic E-state index is -0.352. The first-order chi connectivity index (χ1) is 4.74. The van der Waals surface area contributed by atoms with Crippen LogP contribution < -0.4 is 0 Å². The molecule has 0 aliphatic rings. The third-order valence-electron chi connectivity index (χ3n) is 2.18. The van der Waals surface area contributed by atoms with E-state index in [4.69, 9.17) is 0 Å². The normalized spacial score (nSPS) is 12.3. The van der Waals surface area contributed by atoms with Gasteiger partial charge in [-0.2, -0.15) is 0 Å². The molecule has 0 aromatic rings. The van der Waals surface area contributed by atoms with E-state index in [2.05, 4.69) is 0 Å². The first-order valence-electron chi connectivity index (χ1n) is 3.59. The minimum absolute atomic E-state index is 0.0660. The second-order valence-corrected chi connectivity index (χ2v) is 3.20. The van der Waals surface area contributed by atoms with Crippen LogP contribution in [0, 0.1) is 5.41 Å². The summed E-state index contributed by atoms with van der Waals surface area (Å²) < 4.78 is 22.6. The quantitative estimate of drug-likeness (QED) is 0.571. The van der Waals surface area contributed by atoms with E-state index in [9.17, 15) is 8.96 Å². The lowest BCUT2D eigenvalue weighted by Crippen LogP contribution is -2.23. The molecule has 0 N–H and O–H groups in total. The summed E-state index contributed by atoms with van der Waals surface area (Å²) in [7, 11) is 0.0660. The van der Waals surface area contributed by atoms with Gasteiger partial charge in [0.15, 0.2) is 8.46 Å². The van der Waals surface area contributed by atoms with Crippen LogP contribution in [-0.2, 0) is 4.57 Å². The highest BCUT2D eigenvalue weighted by Crippen LogP contribution is 2.30. The van der Waals surface area contributed by atoms with Crippen molar-refractivity contribution in [3.63, 3.8) is 0 Å². The lowest BCUT2D eigenvalue weighted by atomic mass is 9.86. The van der Waals surface area contributed by atoms with E-state index in [1.165, 1.54) is 0 Å². The zero-order valence-electron chi connectivity index (χ0n) is 6.56. The summed E-state index contributed by atoms with van der Waals surface area (Å²) in [6.45, 7) is 3.53. The van der Waals surface area contributed by atoms with Crippen molar-refractivity contribution in [3.05, 3.63) is 0 Å². The molecule has 0 saturated carbocycles. The van der Waals surface area contributed by atoms with E-state index in [1.54, 1.807) is 0 Å². The Morgan fingerprint density at radius 2 is 1.90 bits per heavy atom. The third kappa shape index (κ3) is 2.34. The predicted octanol–water partition coefficient (Wildman–Crippen LogP) is 3.05. The molecule has 3 heteroatoms. The molecule has 10 heavy (non-hydrogen) atoms. The van der Waals surface area contributed by atoms with Crippen molar-refractivity contribution in [2.45, 2.75) is 26.7 Å².